The molecule has 0 amide bonds. The number of nitrogens with zero attached hydrogens (tertiary/aromatic N) is 1. The quantitative estimate of drug-likeness (QED) is 0.607. The lowest BCUT2D eigenvalue weighted by atomic mass is 9.80. The van der Waals surface area contributed by atoms with Gasteiger partial charge in [-0.05, 0) is 38.4 Å². The maximum Gasteiger partial charge on any atom is 0.316 e. The van der Waals surface area contributed by atoms with Gasteiger partial charge in [0.1, 0.15) is 11.5 Å². The summed E-state index contributed by atoms with van der Waals surface area (Å²) >= 11 is 0. The van der Waals surface area contributed by atoms with Crippen molar-refractivity contribution in [1.82, 2.24) is 4.90 Å². The fraction of sp³-hybridized carbons (Fsp3) is 0.588. The van der Waals surface area contributed by atoms with E-state index in [1.165, 1.54) is 0 Å². The molecule has 3 fully saturated rings. The van der Waals surface area contributed by atoms with Crippen molar-refractivity contribution >= 4 is 16.1 Å². The first-order valence-corrected chi connectivity index (χ1v) is 9.74. The average molecular weight is 351 g/mol. The van der Waals surface area contributed by atoms with Crippen LogP contribution in [0.25, 0.3) is 0 Å². The van der Waals surface area contributed by atoms with Gasteiger partial charge in [0.25, 0.3) is 10.1 Å². The fourth-order valence-electron chi connectivity index (χ4n) is 4.24. The molecule has 0 aliphatic carbocycles. The van der Waals surface area contributed by atoms with Crippen LogP contribution >= 0.6 is 0 Å². The highest BCUT2D eigenvalue weighted by Gasteiger charge is 2.63. The number of ether oxygens (including phenoxy) is 1. The second kappa shape index (κ2) is 5.54. The molecule has 1 aromatic rings. The van der Waals surface area contributed by atoms with Crippen LogP contribution in [-0.2, 0) is 23.8 Å². The first kappa shape index (κ1) is 16.1. The van der Waals surface area contributed by atoms with Crippen molar-refractivity contribution in [3.63, 3.8) is 0 Å². The van der Waals surface area contributed by atoms with Crippen molar-refractivity contribution in [3.8, 4) is 0 Å². The van der Waals surface area contributed by atoms with Crippen LogP contribution in [0.2, 0.25) is 0 Å². The van der Waals surface area contributed by atoms with Gasteiger partial charge in [0, 0.05) is 19.0 Å². The van der Waals surface area contributed by atoms with Gasteiger partial charge in [0.2, 0.25) is 0 Å². The maximum atomic E-state index is 12.7. The number of fused-ring (bicyclic) bond motifs is 1. The Morgan fingerprint density at radius 3 is 2.71 bits per heavy atom. The fourth-order valence-corrected chi connectivity index (χ4v) is 5.40. The zero-order chi connectivity index (χ0) is 16.9. The molecule has 7 heteroatoms. The van der Waals surface area contributed by atoms with Gasteiger partial charge in [-0.3, -0.25) is 13.9 Å². The molecule has 6 nitrogen and oxygen atoms in total. The third kappa shape index (κ3) is 2.37. The van der Waals surface area contributed by atoms with E-state index >= 15 is 0 Å². The van der Waals surface area contributed by atoms with Gasteiger partial charge >= 0.3 is 5.97 Å². The number of rotatable bonds is 3. The Hall–Kier alpha value is -1.44. The van der Waals surface area contributed by atoms with Gasteiger partial charge in [0.15, 0.2) is 0 Å². The van der Waals surface area contributed by atoms with Gasteiger partial charge in [-0.25, -0.2) is 0 Å². The molecule has 4 rings (SSSR count). The highest BCUT2D eigenvalue weighted by Crippen LogP contribution is 2.48. The number of hydrogen-bond acceptors (Lipinski definition) is 6. The molecular formula is C17H21NO5S. The standard InChI is InChI=1S/C17H21NO5S/c1-12-4-6-13(7-5-12)24(20,21)23-15-14-3-2-9-18(14)11-17(15)8-10-22-16(17)19/h4-7,14-15H,2-3,8-11H2,1H3/t14-,15-,17-/m0/s1. The molecule has 0 aromatic heterocycles. The van der Waals surface area contributed by atoms with Crippen LogP contribution in [0.3, 0.4) is 0 Å². The predicted molar refractivity (Wildman–Crippen MR) is 85.8 cm³/mol. The topological polar surface area (TPSA) is 72.9 Å². The summed E-state index contributed by atoms with van der Waals surface area (Å²) in [6, 6.07) is 6.55. The summed E-state index contributed by atoms with van der Waals surface area (Å²) in [4.78, 5) is 14.7. The lowest BCUT2D eigenvalue weighted by molar-refractivity contribution is -0.148. The third-order valence-corrected chi connectivity index (χ3v) is 6.83. The van der Waals surface area contributed by atoms with Gasteiger partial charge in [-0.1, -0.05) is 17.7 Å². The number of carbonyl (C=O) groups is 1. The Kier molecular flexibility index (Phi) is 3.71. The van der Waals surface area contributed by atoms with Crippen molar-refractivity contribution in [3.05, 3.63) is 29.8 Å². The first-order valence-electron chi connectivity index (χ1n) is 8.34. The minimum absolute atomic E-state index is 0.0316. The summed E-state index contributed by atoms with van der Waals surface area (Å²) in [6.45, 7) is 3.65. The molecule has 0 bridgehead atoms. The van der Waals surface area contributed by atoms with E-state index in [0.29, 0.717) is 19.6 Å². The first-order chi connectivity index (χ1) is 11.4. The maximum absolute atomic E-state index is 12.7. The Labute approximate surface area is 141 Å². The number of benzene rings is 1. The molecule has 3 heterocycles. The molecule has 0 radical (unpaired) electrons. The largest absolute Gasteiger partial charge is 0.465 e. The van der Waals surface area contributed by atoms with Crippen LogP contribution in [-0.4, -0.2) is 51.1 Å². The summed E-state index contributed by atoms with van der Waals surface area (Å²) in [6.07, 6.45) is 1.71. The highest BCUT2D eigenvalue weighted by atomic mass is 32.2. The second-order valence-corrected chi connectivity index (χ2v) is 8.58. The van der Waals surface area contributed by atoms with Gasteiger partial charge < -0.3 is 4.74 Å². The van der Waals surface area contributed by atoms with Gasteiger partial charge in [0.05, 0.1) is 11.5 Å². The highest BCUT2D eigenvalue weighted by molar-refractivity contribution is 7.86. The lowest BCUT2D eigenvalue weighted by Gasteiger charge is -2.28. The lowest BCUT2D eigenvalue weighted by Crippen LogP contribution is -2.44. The number of cyclic esters (lactones) is 1. The normalized spacial score (nSPS) is 33.1. The Balaban J connectivity index is 1.68. The van der Waals surface area contributed by atoms with Crippen LogP contribution in [0.15, 0.2) is 29.2 Å². The molecule has 3 aliphatic rings. The van der Waals surface area contributed by atoms with Crippen LogP contribution in [0, 0.1) is 12.3 Å². The molecule has 3 aliphatic heterocycles. The molecule has 1 aromatic carbocycles. The van der Waals surface area contributed by atoms with Crippen molar-refractivity contribution in [2.45, 2.75) is 43.2 Å². The Bertz CT molecular complexity index is 760. The van der Waals surface area contributed by atoms with Crippen molar-refractivity contribution in [1.29, 1.82) is 0 Å². The minimum Gasteiger partial charge on any atom is -0.465 e. The van der Waals surface area contributed by atoms with Crippen LogP contribution in [0.5, 0.6) is 0 Å². The summed E-state index contributed by atoms with van der Waals surface area (Å²) in [7, 11) is -3.92. The molecule has 0 unspecified atom stereocenters. The summed E-state index contributed by atoms with van der Waals surface area (Å²) in [5.74, 6) is -0.319. The molecule has 3 atom stereocenters. The summed E-state index contributed by atoms with van der Waals surface area (Å²) in [5.41, 5.74) is 0.135. The predicted octanol–water partition coefficient (Wildman–Crippen LogP) is 1.48. The third-order valence-electron chi connectivity index (χ3n) is 5.52. The van der Waals surface area contributed by atoms with Gasteiger partial charge in [-0.2, -0.15) is 8.42 Å². The summed E-state index contributed by atoms with van der Waals surface area (Å²) in [5, 5.41) is 0. The molecule has 24 heavy (non-hydrogen) atoms. The molecule has 1 spiro atoms. The molecule has 0 saturated carbocycles. The van der Waals surface area contributed by atoms with E-state index in [0.717, 1.165) is 24.9 Å². The SMILES string of the molecule is Cc1ccc(S(=O)(=O)O[C@H]2[C@@H]3CCCN3C[C@@]23CCOC3=O)cc1. The summed E-state index contributed by atoms with van der Waals surface area (Å²) < 4.78 is 36.3. The molecular weight excluding hydrogens is 330 g/mol. The zero-order valence-corrected chi connectivity index (χ0v) is 14.4. The number of hydrogen-bond donors (Lipinski definition) is 0. The average Bonchev–Trinajstić information content (AvgIpc) is 3.20. The van der Waals surface area contributed by atoms with E-state index in [1.54, 1.807) is 24.3 Å². The zero-order valence-electron chi connectivity index (χ0n) is 13.6. The van der Waals surface area contributed by atoms with E-state index in [1.807, 2.05) is 6.92 Å². The monoisotopic (exact) mass is 351 g/mol. The van der Waals surface area contributed by atoms with E-state index in [4.69, 9.17) is 8.92 Å². The Morgan fingerprint density at radius 2 is 2.04 bits per heavy atom. The van der Waals surface area contributed by atoms with E-state index in [2.05, 4.69) is 4.90 Å². The van der Waals surface area contributed by atoms with Crippen molar-refractivity contribution < 1.29 is 22.1 Å². The molecule has 130 valence electrons. The van der Waals surface area contributed by atoms with Crippen LogP contribution < -0.4 is 0 Å². The van der Waals surface area contributed by atoms with Crippen molar-refractivity contribution in [2.75, 3.05) is 19.7 Å². The van der Waals surface area contributed by atoms with E-state index in [-0.39, 0.29) is 16.9 Å². The number of carbonyl (C=O) groups excluding carboxylic acids is 1. The van der Waals surface area contributed by atoms with Crippen molar-refractivity contribution in [2.24, 2.45) is 5.41 Å². The van der Waals surface area contributed by atoms with E-state index < -0.39 is 21.6 Å². The molecule has 0 N–H and O–H groups in total. The van der Waals surface area contributed by atoms with E-state index in [9.17, 15) is 13.2 Å². The van der Waals surface area contributed by atoms with Crippen LogP contribution in [0.4, 0.5) is 0 Å². The number of esters is 1. The minimum atomic E-state index is -3.92. The number of aryl methyl sites for hydroxylation is 1. The smallest absolute Gasteiger partial charge is 0.316 e. The van der Waals surface area contributed by atoms with Gasteiger partial charge in [-0.15, -0.1) is 0 Å². The van der Waals surface area contributed by atoms with Crippen LogP contribution in [0.1, 0.15) is 24.8 Å². The second-order valence-electron chi connectivity index (χ2n) is 7.01. The molecule has 3 saturated heterocycles. The Morgan fingerprint density at radius 1 is 1.29 bits per heavy atom.